The van der Waals surface area contributed by atoms with Crippen molar-refractivity contribution in [1.29, 1.82) is 5.26 Å². The third kappa shape index (κ3) is 6.35. The van der Waals surface area contributed by atoms with Crippen LogP contribution in [0.15, 0.2) is 91.5 Å². The number of nitriles is 1. The van der Waals surface area contributed by atoms with E-state index in [1.807, 2.05) is 30.3 Å². The summed E-state index contributed by atoms with van der Waals surface area (Å²) in [5.74, 6) is 0.755. The molecule has 0 saturated heterocycles. The molecular weight excluding hydrogens is 579 g/mol. The first-order chi connectivity index (χ1) is 21.5. The summed E-state index contributed by atoms with van der Waals surface area (Å²) in [6.45, 7) is 0.424. The Labute approximate surface area is 259 Å². The number of pyridine rings is 2. The van der Waals surface area contributed by atoms with Crippen LogP contribution >= 0.6 is 11.6 Å². The lowest BCUT2D eigenvalue weighted by Crippen LogP contribution is -2.08. The summed E-state index contributed by atoms with van der Waals surface area (Å²) in [6, 6.07) is 21.9. The molecule has 0 amide bonds. The van der Waals surface area contributed by atoms with E-state index in [1.54, 1.807) is 48.9 Å². The van der Waals surface area contributed by atoms with Gasteiger partial charge in [0.1, 0.15) is 36.1 Å². The lowest BCUT2D eigenvalue weighted by atomic mass is 9.96. The molecule has 0 fully saturated rings. The number of benzene rings is 3. The molecule has 9 heteroatoms. The van der Waals surface area contributed by atoms with Crippen molar-refractivity contribution in [3.05, 3.63) is 136 Å². The van der Waals surface area contributed by atoms with E-state index < -0.39 is 0 Å². The van der Waals surface area contributed by atoms with E-state index in [2.05, 4.69) is 21.4 Å². The maximum Gasteiger partial charge on any atom is 0.142 e. The predicted molar refractivity (Wildman–Crippen MR) is 166 cm³/mol. The minimum atomic E-state index is -0.269. The summed E-state index contributed by atoms with van der Waals surface area (Å²) >= 11 is 6.79. The summed E-state index contributed by atoms with van der Waals surface area (Å²) in [5.41, 5.74) is 6.90. The van der Waals surface area contributed by atoms with Crippen LogP contribution in [-0.2, 0) is 26.2 Å². The Morgan fingerprint density at radius 2 is 1.77 bits per heavy atom. The van der Waals surface area contributed by atoms with Crippen LogP contribution in [0.25, 0.3) is 11.1 Å². The Bertz CT molecular complexity index is 1860. The van der Waals surface area contributed by atoms with Gasteiger partial charge in [0.2, 0.25) is 0 Å². The average Bonchev–Trinajstić information content (AvgIpc) is 3.47. The van der Waals surface area contributed by atoms with Gasteiger partial charge in [0.05, 0.1) is 22.9 Å². The summed E-state index contributed by atoms with van der Waals surface area (Å²) in [4.78, 5) is 8.29. The van der Waals surface area contributed by atoms with Crippen LogP contribution in [0.5, 0.6) is 11.5 Å². The zero-order valence-corrected chi connectivity index (χ0v) is 24.4. The number of nitrogens with one attached hydrogen (secondary N) is 1. The Kier molecular flexibility index (Phi) is 8.69. The van der Waals surface area contributed by atoms with Crippen LogP contribution in [0.4, 0.5) is 10.1 Å². The highest BCUT2D eigenvalue weighted by Gasteiger charge is 2.28. The molecule has 1 aliphatic rings. The molecule has 7 nitrogen and oxygen atoms in total. The van der Waals surface area contributed by atoms with Crippen LogP contribution in [0, 0.1) is 17.1 Å². The fourth-order valence-corrected chi connectivity index (χ4v) is 5.65. The van der Waals surface area contributed by atoms with Gasteiger partial charge in [-0.2, -0.15) is 5.26 Å². The summed E-state index contributed by atoms with van der Waals surface area (Å²) in [7, 11) is 0. The second kappa shape index (κ2) is 13.1. The maximum absolute atomic E-state index is 14.7. The van der Waals surface area contributed by atoms with Crippen molar-refractivity contribution in [1.82, 2.24) is 9.97 Å². The molecule has 0 unspecified atom stereocenters. The molecule has 1 aliphatic carbocycles. The van der Waals surface area contributed by atoms with Gasteiger partial charge in [0.15, 0.2) is 0 Å². The summed E-state index contributed by atoms with van der Waals surface area (Å²) in [6.07, 6.45) is 7.63. The largest absolute Gasteiger partial charge is 0.488 e. The van der Waals surface area contributed by atoms with E-state index in [4.69, 9.17) is 21.1 Å². The number of aromatic nitrogens is 2. The quantitative estimate of drug-likeness (QED) is 0.169. The lowest BCUT2D eigenvalue weighted by molar-refractivity contribution is 0.206. The van der Waals surface area contributed by atoms with Crippen molar-refractivity contribution in [3.63, 3.8) is 0 Å². The molecule has 0 aliphatic heterocycles. The number of fused-ring (bicyclic) bond motifs is 1. The van der Waals surface area contributed by atoms with Crippen molar-refractivity contribution in [2.45, 2.75) is 38.7 Å². The molecule has 0 spiro atoms. The van der Waals surface area contributed by atoms with Crippen molar-refractivity contribution in [2.75, 3.05) is 5.32 Å². The summed E-state index contributed by atoms with van der Waals surface area (Å²) < 4.78 is 27.4. The third-order valence-electron chi connectivity index (χ3n) is 7.54. The Balaban J connectivity index is 1.28. The number of halogens is 2. The fraction of sp³-hybridized carbons (Fsp3) is 0.171. The zero-order valence-electron chi connectivity index (χ0n) is 23.6. The van der Waals surface area contributed by atoms with Crippen LogP contribution < -0.4 is 14.8 Å². The number of aliphatic hydroxyl groups excluding tert-OH is 1. The van der Waals surface area contributed by atoms with Gasteiger partial charge in [0.25, 0.3) is 0 Å². The molecule has 220 valence electrons. The van der Waals surface area contributed by atoms with Gasteiger partial charge in [-0.25, -0.2) is 4.39 Å². The topological polar surface area (TPSA) is 100 Å². The van der Waals surface area contributed by atoms with Crippen molar-refractivity contribution in [3.8, 4) is 28.7 Å². The second-order valence-electron chi connectivity index (χ2n) is 10.5. The van der Waals surface area contributed by atoms with Gasteiger partial charge in [-0.3, -0.25) is 9.97 Å². The van der Waals surface area contributed by atoms with Gasteiger partial charge >= 0.3 is 0 Å². The van der Waals surface area contributed by atoms with Gasteiger partial charge in [-0.1, -0.05) is 48.0 Å². The van der Waals surface area contributed by atoms with Crippen molar-refractivity contribution < 1.29 is 19.0 Å². The Morgan fingerprint density at radius 3 is 2.61 bits per heavy atom. The monoisotopic (exact) mass is 606 g/mol. The highest BCUT2D eigenvalue weighted by Crippen LogP contribution is 2.43. The first-order valence-electron chi connectivity index (χ1n) is 14.1. The minimum Gasteiger partial charge on any atom is -0.488 e. The number of ether oxygens (including phenoxy) is 2. The van der Waals surface area contributed by atoms with E-state index in [0.29, 0.717) is 39.8 Å². The van der Waals surface area contributed by atoms with E-state index in [-0.39, 0.29) is 25.1 Å². The van der Waals surface area contributed by atoms with Gasteiger partial charge < -0.3 is 19.9 Å². The van der Waals surface area contributed by atoms with Crippen LogP contribution in [0.3, 0.4) is 0 Å². The minimum absolute atomic E-state index is 0.114. The molecule has 1 atom stereocenters. The van der Waals surface area contributed by atoms with E-state index in [0.717, 1.165) is 46.3 Å². The third-order valence-corrected chi connectivity index (χ3v) is 7.84. The molecule has 2 heterocycles. The van der Waals surface area contributed by atoms with E-state index >= 15 is 0 Å². The smallest absolute Gasteiger partial charge is 0.142 e. The lowest BCUT2D eigenvalue weighted by Gasteiger charge is -2.20. The highest BCUT2D eigenvalue weighted by molar-refractivity contribution is 6.32. The summed E-state index contributed by atoms with van der Waals surface area (Å²) in [5, 5.41) is 22.5. The molecule has 0 saturated carbocycles. The molecule has 0 radical (unpaired) electrons. The normalized spacial score (nSPS) is 13.6. The van der Waals surface area contributed by atoms with E-state index in [1.165, 1.54) is 12.3 Å². The number of hydrogen-bond acceptors (Lipinski definition) is 7. The van der Waals surface area contributed by atoms with E-state index in [9.17, 15) is 14.8 Å². The maximum atomic E-state index is 14.7. The first-order valence-corrected chi connectivity index (χ1v) is 14.5. The SMILES string of the molecule is N#Cc1cncc(COc2cc(O[C@H]3CCc4c(-c5ccccc5F)cccc43)c(Cl)cc2CNc2cncc(CO)c2)c1. The molecule has 5 aromatic rings. The number of hydrogen-bond donors (Lipinski definition) is 2. The molecule has 44 heavy (non-hydrogen) atoms. The molecule has 3 aromatic carbocycles. The van der Waals surface area contributed by atoms with Gasteiger partial charge in [-0.05, 0) is 59.4 Å². The van der Waals surface area contributed by atoms with Crippen LogP contribution in [0.1, 0.15) is 45.9 Å². The van der Waals surface area contributed by atoms with Gasteiger partial charge in [0, 0.05) is 54.1 Å². The first kappa shape index (κ1) is 29.1. The Hall–Kier alpha value is -4.97. The second-order valence-corrected chi connectivity index (χ2v) is 10.9. The average molecular weight is 607 g/mol. The molecule has 2 N–H and O–H groups in total. The molecule has 2 aromatic heterocycles. The molecule has 6 rings (SSSR count). The standard InChI is InChI=1S/C35H28ClFN4O3/c36-31-12-25(18-41-26-11-23(20-42)16-40-19-26)34(43-21-24-10-22(14-38)15-39-17-24)13-35(31)44-33-9-8-28-27(5-3-6-30(28)33)29-4-1-2-7-32(29)37/h1-7,10-13,15-17,19,33,41-42H,8-9,18,20-21H2/t33-/m0/s1. The highest BCUT2D eigenvalue weighted by atomic mass is 35.5. The van der Waals surface area contributed by atoms with Crippen molar-refractivity contribution in [2.24, 2.45) is 0 Å². The predicted octanol–water partition coefficient (Wildman–Crippen LogP) is 7.56. The zero-order chi connectivity index (χ0) is 30.5. The van der Waals surface area contributed by atoms with Crippen LogP contribution in [-0.4, -0.2) is 15.1 Å². The number of rotatable bonds is 10. The number of nitrogens with zero attached hydrogens (tertiary/aromatic N) is 3. The Morgan fingerprint density at radius 1 is 0.955 bits per heavy atom. The number of aliphatic hydroxyl groups is 1. The van der Waals surface area contributed by atoms with Crippen molar-refractivity contribution >= 4 is 17.3 Å². The molecular formula is C35H28ClFN4O3. The fourth-order valence-electron chi connectivity index (χ4n) is 5.42. The number of anilines is 1. The van der Waals surface area contributed by atoms with Crippen LogP contribution in [0.2, 0.25) is 5.02 Å². The van der Waals surface area contributed by atoms with Gasteiger partial charge in [-0.15, -0.1) is 0 Å². The molecule has 0 bridgehead atoms.